The SMILES string of the molecule is C[C@@H]1Oc2c(cccc2C(=O)NCC(=O)O)NC1=O. The van der Waals surface area contributed by atoms with Crippen molar-refractivity contribution in [3.63, 3.8) is 0 Å². The molecule has 1 aromatic carbocycles. The van der Waals surface area contributed by atoms with Gasteiger partial charge in [-0.05, 0) is 19.1 Å². The van der Waals surface area contributed by atoms with Crippen LogP contribution in [0.1, 0.15) is 17.3 Å². The van der Waals surface area contributed by atoms with E-state index < -0.39 is 24.5 Å². The third-order valence-corrected chi connectivity index (χ3v) is 2.58. The van der Waals surface area contributed by atoms with E-state index in [1.165, 1.54) is 6.07 Å². The summed E-state index contributed by atoms with van der Waals surface area (Å²) in [6.45, 7) is 1.08. The van der Waals surface area contributed by atoms with Crippen LogP contribution in [0.4, 0.5) is 5.69 Å². The molecule has 0 saturated carbocycles. The maximum absolute atomic E-state index is 11.8. The Kier molecular flexibility index (Phi) is 3.37. The van der Waals surface area contributed by atoms with Gasteiger partial charge in [0.15, 0.2) is 11.9 Å². The van der Waals surface area contributed by atoms with Gasteiger partial charge >= 0.3 is 5.97 Å². The van der Waals surface area contributed by atoms with Gasteiger partial charge in [-0.15, -0.1) is 0 Å². The smallest absolute Gasteiger partial charge is 0.322 e. The Labute approximate surface area is 108 Å². The van der Waals surface area contributed by atoms with E-state index in [1.807, 2.05) is 0 Å². The molecule has 7 nitrogen and oxygen atoms in total. The molecule has 2 amide bonds. The van der Waals surface area contributed by atoms with Crippen LogP contribution in [0.25, 0.3) is 0 Å². The number of para-hydroxylation sites is 1. The quantitative estimate of drug-likeness (QED) is 0.724. The van der Waals surface area contributed by atoms with Crippen molar-refractivity contribution in [3.05, 3.63) is 23.8 Å². The number of rotatable bonds is 3. The van der Waals surface area contributed by atoms with E-state index >= 15 is 0 Å². The molecule has 2 rings (SSSR count). The van der Waals surface area contributed by atoms with Crippen molar-refractivity contribution in [2.75, 3.05) is 11.9 Å². The zero-order chi connectivity index (χ0) is 14.0. The van der Waals surface area contributed by atoms with Gasteiger partial charge in [0.2, 0.25) is 0 Å². The van der Waals surface area contributed by atoms with Gasteiger partial charge < -0.3 is 20.5 Å². The van der Waals surface area contributed by atoms with E-state index in [9.17, 15) is 14.4 Å². The Morgan fingerprint density at radius 2 is 2.21 bits per heavy atom. The lowest BCUT2D eigenvalue weighted by molar-refractivity contribution is -0.135. The van der Waals surface area contributed by atoms with Crippen molar-refractivity contribution in [1.29, 1.82) is 0 Å². The molecule has 0 aliphatic carbocycles. The number of aliphatic carboxylic acids is 1. The number of benzene rings is 1. The summed E-state index contributed by atoms with van der Waals surface area (Å²) in [5.74, 6) is -1.75. The summed E-state index contributed by atoms with van der Waals surface area (Å²) in [6.07, 6.45) is -0.707. The van der Waals surface area contributed by atoms with Crippen LogP contribution in [0.2, 0.25) is 0 Å². The molecule has 0 spiro atoms. The van der Waals surface area contributed by atoms with Gasteiger partial charge in [0, 0.05) is 0 Å². The summed E-state index contributed by atoms with van der Waals surface area (Å²) in [5.41, 5.74) is 0.580. The second-order valence-corrected chi connectivity index (χ2v) is 4.01. The predicted molar refractivity (Wildman–Crippen MR) is 65.1 cm³/mol. The van der Waals surface area contributed by atoms with E-state index in [0.717, 1.165) is 0 Å². The molecule has 1 aliphatic heterocycles. The largest absolute Gasteiger partial charge is 0.480 e. The lowest BCUT2D eigenvalue weighted by Gasteiger charge is -2.24. The highest BCUT2D eigenvalue weighted by Crippen LogP contribution is 2.33. The van der Waals surface area contributed by atoms with Crippen LogP contribution in [0.5, 0.6) is 5.75 Å². The number of carboxylic acids is 1. The lowest BCUT2D eigenvalue weighted by atomic mass is 10.1. The molecule has 0 fully saturated rings. The Bertz CT molecular complexity index is 555. The van der Waals surface area contributed by atoms with Gasteiger partial charge in [-0.25, -0.2) is 0 Å². The fraction of sp³-hybridized carbons (Fsp3) is 0.250. The fourth-order valence-electron chi connectivity index (χ4n) is 1.66. The summed E-state index contributed by atoms with van der Waals surface area (Å²) < 4.78 is 5.38. The molecule has 100 valence electrons. The number of hydrogen-bond donors (Lipinski definition) is 3. The first-order chi connectivity index (χ1) is 8.99. The first-order valence-electron chi connectivity index (χ1n) is 5.59. The minimum Gasteiger partial charge on any atom is -0.480 e. The van der Waals surface area contributed by atoms with Gasteiger partial charge in [0.1, 0.15) is 6.54 Å². The Hall–Kier alpha value is -2.57. The standard InChI is InChI=1S/C12H12N2O5/c1-6-11(17)14-8-4-2-3-7(10(8)19-6)12(18)13-5-9(15)16/h2-4,6H,5H2,1H3,(H,13,18)(H,14,17)(H,15,16)/t6-/m0/s1. The molecule has 1 heterocycles. The minimum absolute atomic E-state index is 0.186. The third-order valence-electron chi connectivity index (χ3n) is 2.58. The van der Waals surface area contributed by atoms with Gasteiger partial charge in [0.25, 0.3) is 11.8 Å². The fourth-order valence-corrected chi connectivity index (χ4v) is 1.66. The van der Waals surface area contributed by atoms with E-state index in [0.29, 0.717) is 5.69 Å². The molecule has 19 heavy (non-hydrogen) atoms. The zero-order valence-electron chi connectivity index (χ0n) is 10.1. The zero-order valence-corrected chi connectivity index (χ0v) is 10.1. The predicted octanol–water partition coefficient (Wildman–Crippen LogP) is 0.220. The van der Waals surface area contributed by atoms with Crippen molar-refractivity contribution in [2.45, 2.75) is 13.0 Å². The maximum Gasteiger partial charge on any atom is 0.322 e. The average Bonchev–Trinajstić information content (AvgIpc) is 2.36. The van der Waals surface area contributed by atoms with Gasteiger partial charge in [-0.1, -0.05) is 6.07 Å². The second-order valence-electron chi connectivity index (χ2n) is 4.01. The Morgan fingerprint density at radius 1 is 1.47 bits per heavy atom. The number of nitrogens with one attached hydrogen (secondary N) is 2. The van der Waals surface area contributed by atoms with Crippen molar-refractivity contribution >= 4 is 23.5 Å². The summed E-state index contributed by atoms with van der Waals surface area (Å²) in [4.78, 5) is 33.7. The van der Waals surface area contributed by atoms with Crippen LogP contribution in [-0.2, 0) is 9.59 Å². The normalized spacial score (nSPS) is 16.9. The highest BCUT2D eigenvalue weighted by atomic mass is 16.5. The lowest BCUT2D eigenvalue weighted by Crippen LogP contribution is -2.36. The summed E-state index contributed by atoms with van der Waals surface area (Å²) >= 11 is 0. The molecular formula is C12H12N2O5. The van der Waals surface area contributed by atoms with Crippen LogP contribution in [0.15, 0.2) is 18.2 Å². The number of carbonyl (C=O) groups excluding carboxylic acids is 2. The number of carboxylic acid groups (broad SMARTS) is 1. The van der Waals surface area contributed by atoms with Crippen LogP contribution in [0, 0.1) is 0 Å². The number of carbonyl (C=O) groups is 3. The molecule has 0 radical (unpaired) electrons. The topological polar surface area (TPSA) is 105 Å². The third kappa shape index (κ3) is 2.65. The van der Waals surface area contributed by atoms with Gasteiger partial charge in [0.05, 0.1) is 11.3 Å². The van der Waals surface area contributed by atoms with E-state index in [2.05, 4.69) is 10.6 Å². The van der Waals surface area contributed by atoms with Crippen molar-refractivity contribution in [3.8, 4) is 5.75 Å². The number of ether oxygens (including phenoxy) is 1. The molecular weight excluding hydrogens is 252 g/mol. The molecule has 0 saturated heterocycles. The van der Waals surface area contributed by atoms with Crippen LogP contribution < -0.4 is 15.4 Å². The Morgan fingerprint density at radius 3 is 2.89 bits per heavy atom. The molecule has 7 heteroatoms. The molecule has 0 unspecified atom stereocenters. The number of hydrogen-bond acceptors (Lipinski definition) is 4. The second kappa shape index (κ2) is 4.97. The summed E-state index contributed by atoms with van der Waals surface area (Å²) in [6, 6.07) is 4.68. The average molecular weight is 264 g/mol. The molecule has 0 bridgehead atoms. The monoisotopic (exact) mass is 264 g/mol. The molecule has 1 aliphatic rings. The highest BCUT2D eigenvalue weighted by molar-refractivity contribution is 6.04. The van der Waals surface area contributed by atoms with Crippen molar-refractivity contribution in [2.24, 2.45) is 0 Å². The van der Waals surface area contributed by atoms with E-state index in [4.69, 9.17) is 9.84 Å². The summed E-state index contributed by atoms with van der Waals surface area (Å²) in [5, 5.41) is 13.4. The first-order valence-corrected chi connectivity index (χ1v) is 5.59. The van der Waals surface area contributed by atoms with Crippen LogP contribution in [0.3, 0.4) is 0 Å². The van der Waals surface area contributed by atoms with E-state index in [1.54, 1.807) is 19.1 Å². The number of anilines is 1. The van der Waals surface area contributed by atoms with Gasteiger partial charge in [-0.2, -0.15) is 0 Å². The maximum atomic E-state index is 11.8. The number of fused-ring (bicyclic) bond motifs is 1. The van der Waals surface area contributed by atoms with Crippen LogP contribution >= 0.6 is 0 Å². The van der Waals surface area contributed by atoms with Gasteiger partial charge in [-0.3, -0.25) is 14.4 Å². The Balaban J connectivity index is 2.28. The molecule has 1 aromatic rings. The van der Waals surface area contributed by atoms with Crippen molar-refractivity contribution in [1.82, 2.24) is 5.32 Å². The minimum atomic E-state index is -1.14. The van der Waals surface area contributed by atoms with Crippen LogP contribution in [-0.4, -0.2) is 35.5 Å². The molecule has 0 aromatic heterocycles. The number of amides is 2. The highest BCUT2D eigenvalue weighted by Gasteiger charge is 2.27. The molecule has 1 atom stereocenters. The van der Waals surface area contributed by atoms with E-state index in [-0.39, 0.29) is 17.2 Å². The molecule has 3 N–H and O–H groups in total. The van der Waals surface area contributed by atoms with Crippen molar-refractivity contribution < 1.29 is 24.2 Å². The first kappa shape index (κ1) is 12.9. The summed E-state index contributed by atoms with van der Waals surface area (Å²) in [7, 11) is 0.